The Labute approximate surface area is 108 Å². The summed E-state index contributed by atoms with van der Waals surface area (Å²) in [6.45, 7) is 3.87. The van der Waals surface area contributed by atoms with Crippen LogP contribution in [0.2, 0.25) is 0 Å². The third-order valence-corrected chi connectivity index (χ3v) is 2.57. The highest BCUT2D eigenvalue weighted by Gasteiger charge is 2.07. The van der Waals surface area contributed by atoms with Crippen LogP contribution < -0.4 is 5.32 Å². The first-order chi connectivity index (χ1) is 8.80. The van der Waals surface area contributed by atoms with Gasteiger partial charge in [0, 0.05) is 40.9 Å². The zero-order valence-corrected chi connectivity index (χ0v) is 11.3. The second-order valence-corrected chi connectivity index (χ2v) is 3.90. The van der Waals surface area contributed by atoms with Gasteiger partial charge in [0.25, 0.3) is 0 Å². The van der Waals surface area contributed by atoms with Crippen molar-refractivity contribution < 1.29 is 9.47 Å². The minimum absolute atomic E-state index is 0.700. The molecule has 0 amide bonds. The van der Waals surface area contributed by atoms with Gasteiger partial charge >= 0.3 is 0 Å². The predicted molar refractivity (Wildman–Crippen MR) is 70.6 cm³/mol. The Bertz CT molecular complexity index is 310. The van der Waals surface area contributed by atoms with Crippen LogP contribution in [-0.4, -0.2) is 62.4 Å². The minimum Gasteiger partial charge on any atom is -0.383 e. The summed E-state index contributed by atoms with van der Waals surface area (Å²) in [5, 5.41) is 2.95. The van der Waals surface area contributed by atoms with Crippen LogP contribution in [0.4, 0.5) is 5.82 Å². The summed E-state index contributed by atoms with van der Waals surface area (Å²) in [6, 6.07) is 0. The predicted octanol–water partition coefficient (Wildman–Crippen LogP) is 0.613. The van der Waals surface area contributed by atoms with Crippen LogP contribution in [0.1, 0.15) is 5.69 Å². The molecule has 18 heavy (non-hydrogen) atoms. The van der Waals surface area contributed by atoms with E-state index in [4.69, 9.17) is 9.47 Å². The van der Waals surface area contributed by atoms with Gasteiger partial charge in [-0.2, -0.15) is 0 Å². The lowest BCUT2D eigenvalue weighted by Gasteiger charge is -2.20. The molecule has 1 N–H and O–H groups in total. The maximum absolute atomic E-state index is 5.10. The first-order valence-electron chi connectivity index (χ1n) is 5.99. The third-order valence-electron chi connectivity index (χ3n) is 2.57. The van der Waals surface area contributed by atoms with Crippen LogP contribution in [0.25, 0.3) is 0 Å². The average molecular weight is 254 g/mol. The smallest absolute Gasteiger partial charge is 0.144 e. The lowest BCUT2D eigenvalue weighted by atomic mass is 10.3. The summed E-state index contributed by atoms with van der Waals surface area (Å²) in [4.78, 5) is 10.8. The molecule has 1 heterocycles. The first-order valence-corrected chi connectivity index (χ1v) is 5.99. The molecule has 0 fully saturated rings. The molecule has 1 aromatic heterocycles. The van der Waals surface area contributed by atoms with E-state index in [1.807, 2.05) is 7.05 Å². The fourth-order valence-corrected chi connectivity index (χ4v) is 1.51. The standard InChI is InChI=1S/C12H22N4O2/c1-13-12-9-14-11(8-15-12)10-16(4-6-17-2)5-7-18-3/h8-9H,4-7,10H2,1-3H3,(H,13,15). The van der Waals surface area contributed by atoms with Gasteiger partial charge in [0.2, 0.25) is 0 Å². The Kier molecular flexibility index (Phi) is 7.24. The number of nitrogens with zero attached hydrogens (tertiary/aromatic N) is 3. The van der Waals surface area contributed by atoms with Crippen molar-refractivity contribution in [2.75, 3.05) is 52.9 Å². The highest BCUT2D eigenvalue weighted by molar-refractivity contribution is 5.29. The molecule has 1 rings (SSSR count). The number of methoxy groups -OCH3 is 2. The molecule has 6 heteroatoms. The second kappa shape index (κ2) is 8.79. The van der Waals surface area contributed by atoms with Gasteiger partial charge in [0.05, 0.1) is 31.3 Å². The number of hydrogen-bond acceptors (Lipinski definition) is 6. The van der Waals surface area contributed by atoms with E-state index in [9.17, 15) is 0 Å². The molecule has 0 atom stereocenters. The first kappa shape index (κ1) is 14.8. The summed E-state index contributed by atoms with van der Waals surface area (Å²) >= 11 is 0. The van der Waals surface area contributed by atoms with E-state index in [1.165, 1.54) is 0 Å². The quantitative estimate of drug-likeness (QED) is 0.697. The van der Waals surface area contributed by atoms with Crippen LogP contribution in [0, 0.1) is 0 Å². The molecule has 0 spiro atoms. The molecule has 0 saturated carbocycles. The normalized spacial score (nSPS) is 10.9. The van der Waals surface area contributed by atoms with Crippen molar-refractivity contribution in [3.8, 4) is 0 Å². The molecule has 0 aliphatic heterocycles. The Morgan fingerprint density at radius 1 is 1.11 bits per heavy atom. The SMILES string of the molecule is CNc1cnc(CN(CCOC)CCOC)cn1. The summed E-state index contributed by atoms with van der Waals surface area (Å²) in [6.07, 6.45) is 3.53. The molecule has 0 bridgehead atoms. The minimum atomic E-state index is 0.700. The monoisotopic (exact) mass is 254 g/mol. The number of ether oxygens (including phenoxy) is 2. The number of hydrogen-bond donors (Lipinski definition) is 1. The average Bonchev–Trinajstić information content (AvgIpc) is 2.42. The maximum atomic E-state index is 5.10. The lowest BCUT2D eigenvalue weighted by molar-refractivity contribution is 0.109. The largest absolute Gasteiger partial charge is 0.383 e. The number of anilines is 1. The molecular formula is C12H22N4O2. The molecule has 0 radical (unpaired) electrons. The van der Waals surface area contributed by atoms with E-state index in [2.05, 4.69) is 20.2 Å². The van der Waals surface area contributed by atoms with Crippen molar-refractivity contribution in [3.63, 3.8) is 0 Å². The van der Waals surface area contributed by atoms with Crippen LogP contribution in [0.3, 0.4) is 0 Å². The molecule has 1 aromatic rings. The lowest BCUT2D eigenvalue weighted by Crippen LogP contribution is -2.30. The summed E-state index contributed by atoms with van der Waals surface area (Å²) in [5.41, 5.74) is 0.946. The van der Waals surface area contributed by atoms with E-state index in [0.29, 0.717) is 13.2 Å². The number of aromatic nitrogens is 2. The highest BCUT2D eigenvalue weighted by Crippen LogP contribution is 2.03. The van der Waals surface area contributed by atoms with Gasteiger partial charge in [-0.1, -0.05) is 0 Å². The van der Waals surface area contributed by atoms with Crippen molar-refractivity contribution >= 4 is 5.82 Å². The molecule has 0 aliphatic carbocycles. The zero-order valence-electron chi connectivity index (χ0n) is 11.3. The molecular weight excluding hydrogens is 232 g/mol. The van der Waals surface area contributed by atoms with Crippen LogP contribution >= 0.6 is 0 Å². The van der Waals surface area contributed by atoms with E-state index in [0.717, 1.165) is 31.1 Å². The Morgan fingerprint density at radius 2 is 1.78 bits per heavy atom. The fraction of sp³-hybridized carbons (Fsp3) is 0.667. The van der Waals surface area contributed by atoms with Crippen molar-refractivity contribution in [3.05, 3.63) is 18.1 Å². The van der Waals surface area contributed by atoms with Crippen molar-refractivity contribution in [1.82, 2.24) is 14.9 Å². The second-order valence-electron chi connectivity index (χ2n) is 3.90. The summed E-state index contributed by atoms with van der Waals surface area (Å²) in [7, 11) is 5.24. The summed E-state index contributed by atoms with van der Waals surface area (Å²) < 4.78 is 10.2. The van der Waals surface area contributed by atoms with Gasteiger partial charge in [0.15, 0.2) is 0 Å². The zero-order chi connectivity index (χ0) is 13.2. The number of nitrogens with one attached hydrogen (secondary N) is 1. The van der Waals surface area contributed by atoms with E-state index < -0.39 is 0 Å². The van der Waals surface area contributed by atoms with Crippen LogP contribution in [-0.2, 0) is 16.0 Å². The maximum Gasteiger partial charge on any atom is 0.144 e. The molecule has 0 saturated heterocycles. The van der Waals surface area contributed by atoms with Gasteiger partial charge in [0.1, 0.15) is 5.82 Å². The highest BCUT2D eigenvalue weighted by atomic mass is 16.5. The van der Waals surface area contributed by atoms with Crippen LogP contribution in [0.5, 0.6) is 0 Å². The molecule has 6 nitrogen and oxygen atoms in total. The van der Waals surface area contributed by atoms with E-state index in [-0.39, 0.29) is 0 Å². The van der Waals surface area contributed by atoms with Gasteiger partial charge < -0.3 is 14.8 Å². The molecule has 0 aliphatic rings. The molecule has 0 aromatic carbocycles. The van der Waals surface area contributed by atoms with Crippen molar-refractivity contribution in [1.29, 1.82) is 0 Å². The molecule has 0 unspecified atom stereocenters. The van der Waals surface area contributed by atoms with Gasteiger partial charge in [-0.15, -0.1) is 0 Å². The van der Waals surface area contributed by atoms with E-state index in [1.54, 1.807) is 26.6 Å². The Morgan fingerprint density at radius 3 is 2.22 bits per heavy atom. The van der Waals surface area contributed by atoms with Gasteiger partial charge in [-0.05, 0) is 0 Å². The van der Waals surface area contributed by atoms with Gasteiger partial charge in [-0.3, -0.25) is 9.88 Å². The Balaban J connectivity index is 2.51. The fourth-order valence-electron chi connectivity index (χ4n) is 1.51. The third kappa shape index (κ3) is 5.39. The molecule has 102 valence electrons. The van der Waals surface area contributed by atoms with Crippen LogP contribution in [0.15, 0.2) is 12.4 Å². The van der Waals surface area contributed by atoms with E-state index >= 15 is 0 Å². The number of rotatable bonds is 9. The topological polar surface area (TPSA) is 59.5 Å². The van der Waals surface area contributed by atoms with Gasteiger partial charge in [-0.25, -0.2) is 4.98 Å². The van der Waals surface area contributed by atoms with Crippen molar-refractivity contribution in [2.45, 2.75) is 6.54 Å². The summed E-state index contributed by atoms with van der Waals surface area (Å²) in [5.74, 6) is 0.777. The van der Waals surface area contributed by atoms with Crippen molar-refractivity contribution in [2.24, 2.45) is 0 Å². The Hall–Kier alpha value is -1.24.